The third-order valence-corrected chi connectivity index (χ3v) is 3.13. The summed E-state index contributed by atoms with van der Waals surface area (Å²) in [6, 6.07) is 8.04. The van der Waals surface area contributed by atoms with Crippen LogP contribution in [0.25, 0.3) is 0 Å². The van der Waals surface area contributed by atoms with Gasteiger partial charge in [0.1, 0.15) is 0 Å². The molecule has 0 aliphatic heterocycles. The van der Waals surface area contributed by atoms with Crippen LogP contribution in [0.2, 0.25) is 0 Å². The van der Waals surface area contributed by atoms with E-state index in [1.165, 1.54) is 19.1 Å². The van der Waals surface area contributed by atoms with Crippen LogP contribution in [0.4, 0.5) is 9.59 Å². The van der Waals surface area contributed by atoms with Gasteiger partial charge in [-0.25, -0.2) is 19.8 Å². The van der Waals surface area contributed by atoms with Gasteiger partial charge in [-0.3, -0.25) is 0 Å². The third-order valence-electron chi connectivity index (χ3n) is 3.13. The molecule has 23 heavy (non-hydrogen) atoms. The van der Waals surface area contributed by atoms with Gasteiger partial charge in [0.05, 0.1) is 13.2 Å². The van der Waals surface area contributed by atoms with Crippen molar-refractivity contribution >= 4 is 18.2 Å². The summed E-state index contributed by atoms with van der Waals surface area (Å²) in [4.78, 5) is 35.7. The lowest BCUT2D eigenvalue weighted by Crippen LogP contribution is -2.60. The van der Waals surface area contributed by atoms with Crippen LogP contribution in [-0.2, 0) is 19.8 Å². The fraction of sp³-hybridized carbons (Fsp3) is 0.400. The van der Waals surface area contributed by atoms with E-state index in [-0.39, 0.29) is 18.8 Å². The van der Waals surface area contributed by atoms with Crippen LogP contribution in [0, 0.1) is 0 Å². The molecule has 0 heterocycles. The summed E-state index contributed by atoms with van der Waals surface area (Å²) in [6.45, 7) is 4.53. The van der Waals surface area contributed by atoms with Crippen molar-refractivity contribution in [1.82, 2.24) is 10.4 Å². The Labute approximate surface area is 134 Å². The van der Waals surface area contributed by atoms with E-state index in [2.05, 4.69) is 5.43 Å². The van der Waals surface area contributed by atoms with E-state index >= 15 is 0 Å². The molecule has 0 saturated heterocycles. The van der Waals surface area contributed by atoms with Crippen LogP contribution in [0.5, 0.6) is 0 Å². The second kappa shape index (κ2) is 8.02. The van der Waals surface area contributed by atoms with Crippen molar-refractivity contribution in [3.63, 3.8) is 0 Å². The highest BCUT2D eigenvalue weighted by molar-refractivity contribution is 5.86. The number of hydrazine groups is 1. The molecular formula is C15H20N2O6. The van der Waals surface area contributed by atoms with Crippen LogP contribution in [-0.4, -0.2) is 41.5 Å². The summed E-state index contributed by atoms with van der Waals surface area (Å²) in [5.74, 6) is -1.34. The number of hydrogen-bond donors (Lipinski definition) is 2. The lowest BCUT2D eigenvalue weighted by atomic mass is 9.91. The molecule has 0 saturated carbocycles. The molecule has 2 N–H and O–H groups in total. The maximum atomic E-state index is 12.2. The Morgan fingerprint density at radius 3 is 2.17 bits per heavy atom. The first kappa shape index (κ1) is 18.3. The molecule has 0 aromatic heterocycles. The fourth-order valence-corrected chi connectivity index (χ4v) is 1.89. The van der Waals surface area contributed by atoms with Crippen molar-refractivity contribution < 1.29 is 29.0 Å². The summed E-state index contributed by atoms with van der Waals surface area (Å²) in [6.07, 6.45) is -1.96. The van der Waals surface area contributed by atoms with Gasteiger partial charge in [0.2, 0.25) is 0 Å². The topological polar surface area (TPSA) is 105 Å². The Morgan fingerprint density at radius 1 is 1.13 bits per heavy atom. The summed E-state index contributed by atoms with van der Waals surface area (Å²) in [5.41, 5.74) is 0.554. The van der Waals surface area contributed by atoms with Crippen LogP contribution in [0.15, 0.2) is 30.3 Å². The summed E-state index contributed by atoms with van der Waals surface area (Å²) >= 11 is 0. The molecule has 0 radical (unpaired) electrons. The maximum absolute atomic E-state index is 12.2. The fourth-order valence-electron chi connectivity index (χ4n) is 1.89. The van der Waals surface area contributed by atoms with E-state index in [1.807, 2.05) is 0 Å². The van der Waals surface area contributed by atoms with Gasteiger partial charge in [-0.2, -0.15) is 5.01 Å². The van der Waals surface area contributed by atoms with Crippen LogP contribution < -0.4 is 5.43 Å². The van der Waals surface area contributed by atoms with Gasteiger partial charge in [0, 0.05) is 0 Å². The number of benzene rings is 1. The molecule has 0 fully saturated rings. The Balaban J connectivity index is 3.30. The number of carboxylic acids is 1. The smallest absolute Gasteiger partial charge is 0.430 e. The highest BCUT2D eigenvalue weighted by Gasteiger charge is 2.46. The number of rotatable bonds is 5. The second-order valence-corrected chi connectivity index (χ2v) is 4.61. The average Bonchev–Trinajstić information content (AvgIpc) is 2.53. The molecular weight excluding hydrogens is 304 g/mol. The zero-order valence-electron chi connectivity index (χ0n) is 13.2. The standard InChI is InChI=1S/C15H20N2O6/c1-4-22-13(20)16-17(14(21)23-5-2)15(3,12(18)19)11-9-7-6-8-10-11/h6-10H,4-5H2,1-3H3,(H,16,20)(H,18,19)/t15-/m1/s1. The van der Waals surface area contributed by atoms with Gasteiger partial charge >= 0.3 is 18.2 Å². The first-order chi connectivity index (χ1) is 10.9. The minimum Gasteiger partial charge on any atom is -0.479 e. The number of aliphatic carboxylic acids is 1. The first-order valence-corrected chi connectivity index (χ1v) is 7.07. The summed E-state index contributed by atoms with van der Waals surface area (Å²) in [7, 11) is 0. The van der Waals surface area contributed by atoms with E-state index in [0.29, 0.717) is 5.01 Å². The number of carbonyl (C=O) groups excluding carboxylic acids is 2. The molecule has 0 bridgehead atoms. The quantitative estimate of drug-likeness (QED) is 0.804. The normalized spacial score (nSPS) is 12.7. The highest BCUT2D eigenvalue weighted by Crippen LogP contribution is 2.28. The second-order valence-electron chi connectivity index (χ2n) is 4.61. The molecule has 1 atom stereocenters. The zero-order chi connectivity index (χ0) is 17.5. The lowest BCUT2D eigenvalue weighted by molar-refractivity contribution is -0.152. The number of carbonyl (C=O) groups is 3. The maximum Gasteiger partial charge on any atom is 0.430 e. The van der Waals surface area contributed by atoms with E-state index in [9.17, 15) is 19.5 Å². The van der Waals surface area contributed by atoms with Gasteiger partial charge < -0.3 is 14.6 Å². The molecule has 126 valence electrons. The number of nitrogens with zero attached hydrogens (tertiary/aromatic N) is 1. The number of hydrogen-bond acceptors (Lipinski definition) is 5. The van der Waals surface area contributed by atoms with Gasteiger partial charge in [-0.1, -0.05) is 30.3 Å². The van der Waals surface area contributed by atoms with E-state index in [0.717, 1.165) is 0 Å². The van der Waals surface area contributed by atoms with Crippen molar-refractivity contribution in [1.29, 1.82) is 0 Å². The Hall–Kier alpha value is -2.77. The summed E-state index contributed by atoms with van der Waals surface area (Å²) in [5, 5.41) is 10.3. The molecule has 8 nitrogen and oxygen atoms in total. The molecule has 0 aliphatic carbocycles. The molecule has 2 amide bonds. The predicted molar refractivity (Wildman–Crippen MR) is 80.4 cm³/mol. The molecule has 0 aliphatic rings. The number of ether oxygens (including phenoxy) is 2. The number of amides is 2. The number of carboxylic acid groups (broad SMARTS) is 1. The van der Waals surface area contributed by atoms with E-state index in [1.54, 1.807) is 32.0 Å². The van der Waals surface area contributed by atoms with Crippen LogP contribution in [0.3, 0.4) is 0 Å². The van der Waals surface area contributed by atoms with Gasteiger partial charge in [0.15, 0.2) is 5.54 Å². The first-order valence-electron chi connectivity index (χ1n) is 7.07. The van der Waals surface area contributed by atoms with Crippen LogP contribution in [0.1, 0.15) is 26.3 Å². The van der Waals surface area contributed by atoms with Crippen molar-refractivity contribution in [2.45, 2.75) is 26.3 Å². The van der Waals surface area contributed by atoms with Crippen molar-refractivity contribution in [2.75, 3.05) is 13.2 Å². The third kappa shape index (κ3) is 4.12. The SMILES string of the molecule is CCOC(=O)NN(C(=O)OCC)[C@@](C)(C(=O)O)c1ccccc1. The molecule has 1 rings (SSSR count). The van der Waals surface area contributed by atoms with E-state index in [4.69, 9.17) is 9.47 Å². The predicted octanol–water partition coefficient (Wildman–Crippen LogP) is 2.11. The van der Waals surface area contributed by atoms with E-state index < -0.39 is 23.7 Å². The van der Waals surface area contributed by atoms with Gasteiger partial charge in [-0.05, 0) is 26.3 Å². The Bertz CT molecular complexity index is 562. The van der Waals surface area contributed by atoms with Crippen LogP contribution >= 0.6 is 0 Å². The van der Waals surface area contributed by atoms with Gasteiger partial charge in [0.25, 0.3) is 0 Å². The highest BCUT2D eigenvalue weighted by atomic mass is 16.6. The van der Waals surface area contributed by atoms with Gasteiger partial charge in [-0.15, -0.1) is 0 Å². The Morgan fingerprint density at radius 2 is 1.70 bits per heavy atom. The zero-order valence-corrected chi connectivity index (χ0v) is 13.2. The van der Waals surface area contributed by atoms with Crippen molar-refractivity contribution in [2.24, 2.45) is 0 Å². The lowest BCUT2D eigenvalue weighted by Gasteiger charge is -2.36. The number of nitrogens with one attached hydrogen (secondary N) is 1. The molecule has 1 aromatic rings. The molecule has 8 heteroatoms. The molecule has 1 aromatic carbocycles. The molecule has 0 spiro atoms. The molecule has 0 unspecified atom stereocenters. The van der Waals surface area contributed by atoms with Crippen molar-refractivity contribution in [3.05, 3.63) is 35.9 Å². The monoisotopic (exact) mass is 324 g/mol. The minimum absolute atomic E-state index is 0.0182. The minimum atomic E-state index is -1.87. The largest absolute Gasteiger partial charge is 0.479 e. The Kier molecular flexibility index (Phi) is 6.37. The van der Waals surface area contributed by atoms with Crippen molar-refractivity contribution in [3.8, 4) is 0 Å². The summed E-state index contributed by atoms with van der Waals surface area (Å²) < 4.78 is 9.57. The average molecular weight is 324 g/mol.